The normalized spacial score (nSPS) is 10.4. The van der Waals surface area contributed by atoms with Gasteiger partial charge in [-0.2, -0.15) is 0 Å². The molecule has 0 aromatic rings. The van der Waals surface area contributed by atoms with Crippen LogP contribution in [0.15, 0.2) is 39.3 Å². The maximum Gasteiger partial charge on any atom is 0.152 e. The molecule has 0 saturated carbocycles. The van der Waals surface area contributed by atoms with E-state index in [1.807, 2.05) is 30.3 Å². The molecule has 2 aliphatic rings. The second-order valence-corrected chi connectivity index (χ2v) is 4.48. The zero-order valence-electron chi connectivity index (χ0n) is 7.13. The van der Waals surface area contributed by atoms with Crippen molar-refractivity contribution in [3.63, 3.8) is 0 Å². The van der Waals surface area contributed by atoms with E-state index in [2.05, 4.69) is 31.9 Å². The van der Waals surface area contributed by atoms with Crippen molar-refractivity contribution in [1.29, 1.82) is 0 Å². The molecule has 0 fully saturated rings. The molecule has 0 aromatic carbocycles. The number of aldehydes is 1. The molecular formula is C11H6Br2O. The van der Waals surface area contributed by atoms with Crippen LogP contribution in [0.5, 0.6) is 0 Å². The van der Waals surface area contributed by atoms with Gasteiger partial charge in [0.15, 0.2) is 6.29 Å². The maximum absolute atomic E-state index is 10.8. The molecular weight excluding hydrogens is 308 g/mol. The number of fused-ring (bicyclic) bond motifs is 1. The van der Waals surface area contributed by atoms with Crippen LogP contribution < -0.4 is 0 Å². The minimum Gasteiger partial charge on any atom is -0.298 e. The average Bonchev–Trinajstić information content (AvgIpc) is 2.39. The lowest BCUT2D eigenvalue weighted by molar-refractivity contribution is 0.112. The summed E-state index contributed by atoms with van der Waals surface area (Å²) >= 11 is 6.84. The van der Waals surface area contributed by atoms with Gasteiger partial charge in [-0.3, -0.25) is 4.79 Å². The van der Waals surface area contributed by atoms with Gasteiger partial charge in [0.1, 0.15) is 0 Å². The van der Waals surface area contributed by atoms with Gasteiger partial charge >= 0.3 is 0 Å². The molecule has 0 aliphatic heterocycles. The van der Waals surface area contributed by atoms with Crippen LogP contribution in [-0.4, -0.2) is 6.29 Å². The van der Waals surface area contributed by atoms with E-state index < -0.39 is 0 Å². The standard InChI is InChI=1S/C11H6Br2O/c12-10-7-4-2-1-3-5-8(7)11(13)9(10)6-14/h1-6H. The predicted octanol–water partition coefficient (Wildman–Crippen LogP) is 4.13. The van der Waals surface area contributed by atoms with Gasteiger partial charge in [-0.15, -0.1) is 0 Å². The molecule has 70 valence electrons. The molecule has 0 unspecified atom stereocenters. The summed E-state index contributed by atoms with van der Waals surface area (Å²) in [4.78, 5) is 10.8. The lowest BCUT2D eigenvalue weighted by atomic mass is 10.2. The summed E-state index contributed by atoms with van der Waals surface area (Å²) in [5.41, 5.74) is 2.76. The molecule has 0 aromatic heterocycles. The fourth-order valence-electron chi connectivity index (χ4n) is 1.42. The van der Waals surface area contributed by atoms with Gasteiger partial charge < -0.3 is 0 Å². The van der Waals surface area contributed by atoms with Crippen molar-refractivity contribution in [3.8, 4) is 11.1 Å². The zero-order valence-corrected chi connectivity index (χ0v) is 10.3. The Bertz CT molecular complexity index is 429. The van der Waals surface area contributed by atoms with Crippen LogP contribution in [0.25, 0.3) is 11.1 Å². The highest BCUT2D eigenvalue weighted by atomic mass is 79.9. The number of rotatable bonds is 1. The van der Waals surface area contributed by atoms with Crippen molar-refractivity contribution < 1.29 is 4.79 Å². The van der Waals surface area contributed by atoms with Crippen LogP contribution in [-0.2, 0) is 0 Å². The Morgan fingerprint density at radius 3 is 1.86 bits per heavy atom. The van der Waals surface area contributed by atoms with Gasteiger partial charge in [0.25, 0.3) is 0 Å². The number of carbonyl (C=O) groups is 1. The third-order valence-corrected chi connectivity index (χ3v) is 3.81. The summed E-state index contributed by atoms with van der Waals surface area (Å²) < 4.78 is 1.70. The molecule has 1 nitrogen and oxygen atoms in total. The van der Waals surface area contributed by atoms with E-state index >= 15 is 0 Å². The van der Waals surface area contributed by atoms with E-state index in [-0.39, 0.29) is 0 Å². The molecule has 3 heteroatoms. The van der Waals surface area contributed by atoms with E-state index in [1.54, 1.807) is 0 Å². The summed E-state index contributed by atoms with van der Waals surface area (Å²) in [6.07, 6.45) is 0.855. The van der Waals surface area contributed by atoms with Gasteiger partial charge in [0, 0.05) is 14.5 Å². The van der Waals surface area contributed by atoms with Gasteiger partial charge in [0.2, 0.25) is 0 Å². The molecule has 0 atom stereocenters. The SMILES string of the molecule is O=Cc1c(Br)c2cccccc-2c1Br. The van der Waals surface area contributed by atoms with E-state index in [0.717, 1.165) is 26.4 Å². The third-order valence-electron chi connectivity index (χ3n) is 2.10. The molecule has 0 spiro atoms. The zero-order chi connectivity index (χ0) is 10.1. The number of halogens is 2. The van der Waals surface area contributed by atoms with Crippen molar-refractivity contribution in [2.24, 2.45) is 0 Å². The molecule has 0 bridgehead atoms. The van der Waals surface area contributed by atoms with Gasteiger partial charge in [0.05, 0.1) is 0 Å². The van der Waals surface area contributed by atoms with E-state index in [0.29, 0.717) is 5.56 Å². The fourth-order valence-corrected chi connectivity index (χ4v) is 2.96. The predicted molar refractivity (Wildman–Crippen MR) is 63.9 cm³/mol. The highest BCUT2D eigenvalue weighted by molar-refractivity contribution is 9.11. The van der Waals surface area contributed by atoms with Crippen LogP contribution in [0.4, 0.5) is 0 Å². The van der Waals surface area contributed by atoms with Crippen molar-refractivity contribution >= 4 is 38.1 Å². The molecule has 0 heterocycles. The first kappa shape index (κ1) is 9.87. The number of hydrogen-bond acceptors (Lipinski definition) is 1. The van der Waals surface area contributed by atoms with E-state index in [1.165, 1.54) is 0 Å². The molecule has 14 heavy (non-hydrogen) atoms. The lowest BCUT2D eigenvalue weighted by Gasteiger charge is -1.91. The first-order chi connectivity index (χ1) is 6.75. The molecule has 2 aliphatic carbocycles. The number of carbonyl (C=O) groups excluding carboxylic acids is 1. The Hall–Kier alpha value is -0.670. The Kier molecular flexibility index (Phi) is 2.70. The topological polar surface area (TPSA) is 17.1 Å². The van der Waals surface area contributed by atoms with Crippen LogP contribution >= 0.6 is 31.9 Å². The summed E-state index contributed by atoms with van der Waals surface area (Å²) in [6, 6.07) is 9.83. The van der Waals surface area contributed by atoms with Crippen molar-refractivity contribution in [2.45, 2.75) is 0 Å². The second kappa shape index (κ2) is 3.83. The first-order valence-electron chi connectivity index (χ1n) is 4.06. The molecule has 0 radical (unpaired) electrons. The van der Waals surface area contributed by atoms with Gasteiger partial charge in [-0.05, 0) is 43.0 Å². The minimum atomic E-state index is 0.672. The van der Waals surface area contributed by atoms with Crippen molar-refractivity contribution in [2.75, 3.05) is 0 Å². The summed E-state index contributed by atoms with van der Waals surface area (Å²) in [6.45, 7) is 0. The van der Waals surface area contributed by atoms with Crippen LogP contribution in [0, 0.1) is 0 Å². The Balaban J connectivity index is 2.87. The van der Waals surface area contributed by atoms with Gasteiger partial charge in [-0.25, -0.2) is 0 Å². The molecule has 2 rings (SSSR count). The lowest BCUT2D eigenvalue weighted by Crippen LogP contribution is -1.74. The highest BCUT2D eigenvalue weighted by Crippen LogP contribution is 2.42. The maximum atomic E-state index is 10.8. The van der Waals surface area contributed by atoms with Crippen LogP contribution in [0.3, 0.4) is 0 Å². The van der Waals surface area contributed by atoms with E-state index in [4.69, 9.17) is 0 Å². The quantitative estimate of drug-likeness (QED) is 0.724. The molecule has 0 N–H and O–H groups in total. The minimum absolute atomic E-state index is 0.672. The van der Waals surface area contributed by atoms with Gasteiger partial charge in [-0.1, -0.05) is 30.3 Å². The molecule has 0 saturated heterocycles. The smallest absolute Gasteiger partial charge is 0.152 e. The van der Waals surface area contributed by atoms with Crippen molar-refractivity contribution in [1.82, 2.24) is 0 Å². The first-order valence-corrected chi connectivity index (χ1v) is 5.65. The highest BCUT2D eigenvalue weighted by Gasteiger charge is 2.17. The summed E-state index contributed by atoms with van der Waals surface area (Å²) in [5, 5.41) is 0. The monoisotopic (exact) mass is 312 g/mol. The summed E-state index contributed by atoms with van der Waals surface area (Å²) in [7, 11) is 0. The number of hydrogen-bond donors (Lipinski definition) is 0. The van der Waals surface area contributed by atoms with Crippen molar-refractivity contribution in [3.05, 3.63) is 44.8 Å². The molecule has 0 amide bonds. The van der Waals surface area contributed by atoms with E-state index in [9.17, 15) is 4.79 Å². The van der Waals surface area contributed by atoms with Crippen LogP contribution in [0.1, 0.15) is 10.4 Å². The largest absolute Gasteiger partial charge is 0.298 e. The fraction of sp³-hybridized carbons (Fsp3) is 0. The summed E-state index contributed by atoms with van der Waals surface area (Å²) in [5.74, 6) is 0. The Labute approximate surface area is 98.7 Å². The van der Waals surface area contributed by atoms with Crippen LogP contribution in [0.2, 0.25) is 0 Å². The Morgan fingerprint density at radius 2 is 1.43 bits per heavy atom. The average molecular weight is 314 g/mol. The third kappa shape index (κ3) is 1.41. The Morgan fingerprint density at radius 1 is 0.929 bits per heavy atom. The second-order valence-electron chi connectivity index (χ2n) is 2.90.